The van der Waals surface area contributed by atoms with Gasteiger partial charge in [-0.1, -0.05) is 0 Å². The molecular formula is C15H19N3O2S. The number of non-ortho nitro benzene ring substituents is 1. The van der Waals surface area contributed by atoms with Crippen LogP contribution in [-0.4, -0.2) is 22.0 Å². The number of nitro benzene ring substituents is 1. The van der Waals surface area contributed by atoms with Crippen LogP contribution in [0, 0.1) is 10.1 Å². The van der Waals surface area contributed by atoms with E-state index in [1.54, 1.807) is 23.5 Å². The van der Waals surface area contributed by atoms with Gasteiger partial charge in [0.2, 0.25) is 0 Å². The normalized spacial score (nSPS) is 11.6. The number of nitro groups is 1. The van der Waals surface area contributed by atoms with Crippen molar-refractivity contribution in [1.82, 2.24) is 10.3 Å². The van der Waals surface area contributed by atoms with E-state index in [0.29, 0.717) is 0 Å². The number of benzene rings is 1. The third-order valence-electron chi connectivity index (χ3n) is 2.92. The lowest BCUT2D eigenvalue weighted by molar-refractivity contribution is -0.384. The number of aromatic nitrogens is 1. The smallest absolute Gasteiger partial charge is 0.269 e. The van der Waals surface area contributed by atoms with Gasteiger partial charge in [-0.15, -0.1) is 11.3 Å². The van der Waals surface area contributed by atoms with Crippen LogP contribution in [0.3, 0.4) is 0 Å². The SMILES string of the molecule is CC(C)(C)NCCc1nc(-c2ccc([N+](=O)[O-])cc2)cs1. The van der Waals surface area contributed by atoms with Crippen molar-refractivity contribution < 1.29 is 4.92 Å². The summed E-state index contributed by atoms with van der Waals surface area (Å²) in [6.07, 6.45) is 0.884. The quantitative estimate of drug-likeness (QED) is 0.676. The summed E-state index contributed by atoms with van der Waals surface area (Å²) in [4.78, 5) is 14.8. The van der Waals surface area contributed by atoms with Gasteiger partial charge in [0, 0.05) is 41.6 Å². The van der Waals surface area contributed by atoms with E-state index in [0.717, 1.165) is 29.2 Å². The van der Waals surface area contributed by atoms with Crippen molar-refractivity contribution >= 4 is 17.0 Å². The summed E-state index contributed by atoms with van der Waals surface area (Å²) < 4.78 is 0. The van der Waals surface area contributed by atoms with E-state index in [1.165, 1.54) is 12.1 Å². The Morgan fingerprint density at radius 3 is 2.52 bits per heavy atom. The van der Waals surface area contributed by atoms with Gasteiger partial charge in [-0.3, -0.25) is 10.1 Å². The second kappa shape index (κ2) is 6.32. The molecule has 6 heteroatoms. The predicted octanol–water partition coefficient (Wildman–Crippen LogP) is 3.65. The van der Waals surface area contributed by atoms with E-state index in [1.807, 2.05) is 5.38 Å². The summed E-state index contributed by atoms with van der Waals surface area (Å²) in [6.45, 7) is 7.29. The second-order valence-corrected chi connectivity index (χ2v) is 6.80. The fourth-order valence-electron chi connectivity index (χ4n) is 1.86. The topological polar surface area (TPSA) is 68.1 Å². The summed E-state index contributed by atoms with van der Waals surface area (Å²) in [5.41, 5.74) is 1.99. The highest BCUT2D eigenvalue weighted by molar-refractivity contribution is 7.09. The molecule has 112 valence electrons. The molecule has 0 saturated heterocycles. The number of hydrogen-bond donors (Lipinski definition) is 1. The zero-order chi connectivity index (χ0) is 15.5. The minimum absolute atomic E-state index is 0.101. The molecule has 0 bridgehead atoms. The van der Waals surface area contributed by atoms with Crippen LogP contribution in [0.15, 0.2) is 29.6 Å². The maximum Gasteiger partial charge on any atom is 0.269 e. The highest BCUT2D eigenvalue weighted by atomic mass is 32.1. The molecule has 5 nitrogen and oxygen atoms in total. The van der Waals surface area contributed by atoms with Gasteiger partial charge in [0.05, 0.1) is 15.6 Å². The molecule has 0 aliphatic rings. The summed E-state index contributed by atoms with van der Waals surface area (Å²) in [6, 6.07) is 6.50. The maximum absolute atomic E-state index is 10.6. The molecule has 0 unspecified atom stereocenters. The van der Waals surface area contributed by atoms with Crippen molar-refractivity contribution in [2.24, 2.45) is 0 Å². The molecule has 0 fully saturated rings. The van der Waals surface area contributed by atoms with Crippen LogP contribution in [0.2, 0.25) is 0 Å². The van der Waals surface area contributed by atoms with E-state index in [2.05, 4.69) is 31.1 Å². The zero-order valence-corrected chi connectivity index (χ0v) is 13.2. The molecule has 2 rings (SSSR count). The highest BCUT2D eigenvalue weighted by Gasteiger charge is 2.10. The van der Waals surface area contributed by atoms with E-state index in [4.69, 9.17) is 0 Å². The predicted molar refractivity (Wildman–Crippen MR) is 85.7 cm³/mol. The van der Waals surface area contributed by atoms with Crippen LogP contribution in [-0.2, 0) is 6.42 Å². The number of hydrogen-bond acceptors (Lipinski definition) is 5. The van der Waals surface area contributed by atoms with Crippen molar-refractivity contribution in [3.63, 3.8) is 0 Å². The van der Waals surface area contributed by atoms with Gasteiger partial charge in [0.1, 0.15) is 0 Å². The molecule has 2 aromatic rings. The average Bonchev–Trinajstić information content (AvgIpc) is 2.86. The molecule has 0 atom stereocenters. The van der Waals surface area contributed by atoms with E-state index in [9.17, 15) is 10.1 Å². The molecule has 0 saturated carbocycles. The van der Waals surface area contributed by atoms with Crippen LogP contribution in [0.5, 0.6) is 0 Å². The molecule has 0 radical (unpaired) electrons. The Bertz CT molecular complexity index is 615. The van der Waals surface area contributed by atoms with Crippen molar-refractivity contribution in [2.75, 3.05) is 6.54 Å². The summed E-state index contributed by atoms with van der Waals surface area (Å²) >= 11 is 1.62. The van der Waals surface area contributed by atoms with Crippen molar-refractivity contribution in [3.8, 4) is 11.3 Å². The molecule has 1 aromatic carbocycles. The molecule has 0 aliphatic carbocycles. The lowest BCUT2D eigenvalue weighted by atomic mass is 10.1. The number of nitrogens with zero attached hydrogens (tertiary/aromatic N) is 2. The summed E-state index contributed by atoms with van der Waals surface area (Å²) in [5.74, 6) is 0. The van der Waals surface area contributed by atoms with Crippen molar-refractivity contribution in [3.05, 3.63) is 44.8 Å². The summed E-state index contributed by atoms with van der Waals surface area (Å²) in [5, 5.41) is 17.1. The molecule has 1 N–H and O–H groups in total. The van der Waals surface area contributed by atoms with E-state index >= 15 is 0 Å². The third kappa shape index (κ3) is 4.61. The van der Waals surface area contributed by atoms with Crippen LogP contribution < -0.4 is 5.32 Å². The zero-order valence-electron chi connectivity index (χ0n) is 12.4. The second-order valence-electron chi connectivity index (χ2n) is 5.86. The van der Waals surface area contributed by atoms with Gasteiger partial charge in [-0.25, -0.2) is 4.98 Å². The Labute approximate surface area is 128 Å². The minimum Gasteiger partial charge on any atom is -0.312 e. The third-order valence-corrected chi connectivity index (χ3v) is 3.83. The highest BCUT2D eigenvalue weighted by Crippen LogP contribution is 2.24. The molecule has 0 amide bonds. The number of rotatable bonds is 5. The van der Waals surface area contributed by atoms with Gasteiger partial charge < -0.3 is 5.32 Å². The van der Waals surface area contributed by atoms with Gasteiger partial charge in [0.25, 0.3) is 5.69 Å². The largest absolute Gasteiger partial charge is 0.312 e. The standard InChI is InChI=1S/C15H19N3O2S/c1-15(2,3)16-9-8-14-17-13(10-21-14)11-4-6-12(7-5-11)18(19)20/h4-7,10,16H,8-9H2,1-3H3. The Hall–Kier alpha value is -1.79. The van der Waals surface area contributed by atoms with Crippen molar-refractivity contribution in [1.29, 1.82) is 0 Å². The van der Waals surface area contributed by atoms with Gasteiger partial charge in [-0.05, 0) is 32.9 Å². The molecule has 0 spiro atoms. The fourth-order valence-corrected chi connectivity index (χ4v) is 2.66. The Morgan fingerprint density at radius 1 is 1.29 bits per heavy atom. The van der Waals surface area contributed by atoms with Gasteiger partial charge in [0.15, 0.2) is 0 Å². The van der Waals surface area contributed by atoms with Crippen LogP contribution in [0.1, 0.15) is 25.8 Å². The number of nitrogens with one attached hydrogen (secondary N) is 1. The first-order chi connectivity index (χ1) is 9.85. The molecule has 1 heterocycles. The van der Waals surface area contributed by atoms with Crippen molar-refractivity contribution in [2.45, 2.75) is 32.7 Å². The molecular weight excluding hydrogens is 286 g/mol. The van der Waals surface area contributed by atoms with E-state index in [-0.39, 0.29) is 11.2 Å². The first-order valence-electron chi connectivity index (χ1n) is 6.79. The first-order valence-corrected chi connectivity index (χ1v) is 7.67. The first kappa shape index (κ1) is 15.6. The Kier molecular flexibility index (Phi) is 4.69. The van der Waals surface area contributed by atoms with E-state index < -0.39 is 4.92 Å². The molecule has 1 aromatic heterocycles. The van der Waals surface area contributed by atoms with Crippen LogP contribution in [0.25, 0.3) is 11.3 Å². The average molecular weight is 305 g/mol. The van der Waals surface area contributed by atoms with Crippen LogP contribution in [0.4, 0.5) is 5.69 Å². The maximum atomic E-state index is 10.6. The lowest BCUT2D eigenvalue weighted by Gasteiger charge is -2.19. The monoisotopic (exact) mass is 305 g/mol. The molecule has 21 heavy (non-hydrogen) atoms. The van der Waals surface area contributed by atoms with Crippen LogP contribution >= 0.6 is 11.3 Å². The Morgan fingerprint density at radius 2 is 1.95 bits per heavy atom. The lowest BCUT2D eigenvalue weighted by Crippen LogP contribution is -2.37. The summed E-state index contributed by atoms with van der Waals surface area (Å²) in [7, 11) is 0. The fraction of sp³-hybridized carbons (Fsp3) is 0.400. The van der Waals surface area contributed by atoms with Gasteiger partial charge in [-0.2, -0.15) is 0 Å². The minimum atomic E-state index is -0.394. The van der Waals surface area contributed by atoms with Gasteiger partial charge >= 0.3 is 0 Å². The Balaban J connectivity index is 2.00. The molecule has 0 aliphatic heterocycles. The number of thiazole rings is 1.